The van der Waals surface area contributed by atoms with E-state index in [9.17, 15) is 4.79 Å². The largest absolute Gasteiger partial charge is 0.497 e. The van der Waals surface area contributed by atoms with Gasteiger partial charge in [-0.05, 0) is 12.1 Å². The number of carbonyl (C=O) groups is 1. The number of nitrogens with zero attached hydrogens (tertiary/aromatic N) is 1. The van der Waals surface area contributed by atoms with Crippen LogP contribution in [0.5, 0.6) is 5.75 Å². The number of aromatic nitrogens is 1. The Hall–Kier alpha value is -2.16. The lowest BCUT2D eigenvalue weighted by Crippen LogP contribution is -2.26. The lowest BCUT2D eigenvalue weighted by atomic mass is 10.0. The second-order valence-electron chi connectivity index (χ2n) is 3.81. The van der Waals surface area contributed by atoms with Crippen molar-refractivity contribution in [1.29, 1.82) is 0 Å². The molecule has 0 fully saturated rings. The van der Waals surface area contributed by atoms with Gasteiger partial charge in [-0.1, -0.05) is 12.1 Å². The first-order valence-electron chi connectivity index (χ1n) is 5.35. The molecule has 0 aliphatic heterocycles. The van der Waals surface area contributed by atoms with E-state index in [1.54, 1.807) is 19.2 Å². The van der Waals surface area contributed by atoms with E-state index in [0.717, 1.165) is 0 Å². The normalized spacial score (nSPS) is 10.0. The highest BCUT2D eigenvalue weighted by Gasteiger charge is 2.10. The predicted octanol–water partition coefficient (Wildman–Crippen LogP) is 1.75. The molecule has 1 aromatic carbocycles. The topological polar surface area (TPSA) is 30.2 Å². The highest BCUT2D eigenvalue weighted by Crippen LogP contribution is 2.15. The minimum Gasteiger partial charge on any atom is -0.497 e. The molecule has 0 amide bonds. The molecule has 3 heteroatoms. The molecule has 0 aliphatic rings. The Morgan fingerprint density at radius 2 is 1.82 bits per heavy atom. The number of pyridine rings is 1. The van der Waals surface area contributed by atoms with Crippen LogP contribution >= 0.6 is 0 Å². The molecule has 0 saturated heterocycles. The summed E-state index contributed by atoms with van der Waals surface area (Å²) in [5.74, 6) is 0.696. The van der Waals surface area contributed by atoms with Gasteiger partial charge in [-0.25, -0.2) is 4.57 Å². The zero-order valence-electron chi connectivity index (χ0n) is 9.88. The fourth-order valence-corrected chi connectivity index (χ4v) is 1.58. The maximum absolute atomic E-state index is 12.2. The molecular formula is C14H14NO2+. The summed E-state index contributed by atoms with van der Waals surface area (Å²) < 4.78 is 6.99. The molecule has 2 aromatic rings. The summed E-state index contributed by atoms with van der Waals surface area (Å²) in [4.78, 5) is 12.2. The summed E-state index contributed by atoms with van der Waals surface area (Å²) in [7, 11) is 3.51. The van der Waals surface area contributed by atoms with Gasteiger partial charge in [0.25, 0.3) is 0 Å². The number of aryl methyl sites for hydroxylation is 1. The van der Waals surface area contributed by atoms with Gasteiger partial charge in [0, 0.05) is 23.3 Å². The van der Waals surface area contributed by atoms with Crippen molar-refractivity contribution in [3.8, 4) is 5.75 Å². The van der Waals surface area contributed by atoms with Gasteiger partial charge < -0.3 is 4.74 Å². The highest BCUT2D eigenvalue weighted by atomic mass is 16.5. The van der Waals surface area contributed by atoms with Crippen LogP contribution < -0.4 is 9.30 Å². The average Bonchev–Trinajstić information content (AvgIpc) is 2.39. The third kappa shape index (κ3) is 2.50. The van der Waals surface area contributed by atoms with Crippen LogP contribution in [0, 0.1) is 0 Å². The number of rotatable bonds is 3. The van der Waals surface area contributed by atoms with Crippen molar-refractivity contribution < 1.29 is 14.1 Å². The van der Waals surface area contributed by atoms with Gasteiger partial charge in [-0.2, -0.15) is 0 Å². The van der Waals surface area contributed by atoms with Crippen molar-refractivity contribution >= 4 is 5.78 Å². The van der Waals surface area contributed by atoms with E-state index in [4.69, 9.17) is 4.74 Å². The van der Waals surface area contributed by atoms with Crippen LogP contribution in [0.15, 0.2) is 48.8 Å². The van der Waals surface area contributed by atoms with E-state index in [2.05, 4.69) is 0 Å². The maximum atomic E-state index is 12.2. The minimum absolute atomic E-state index is 0.00417. The minimum atomic E-state index is 0.00417. The quantitative estimate of drug-likeness (QED) is 0.592. The Labute approximate surface area is 100 Å². The fourth-order valence-electron chi connectivity index (χ4n) is 1.58. The lowest BCUT2D eigenvalue weighted by molar-refractivity contribution is -0.671. The third-order valence-corrected chi connectivity index (χ3v) is 2.57. The van der Waals surface area contributed by atoms with E-state index in [0.29, 0.717) is 16.9 Å². The molecule has 0 radical (unpaired) electrons. The van der Waals surface area contributed by atoms with Crippen molar-refractivity contribution in [3.05, 3.63) is 59.9 Å². The van der Waals surface area contributed by atoms with Crippen molar-refractivity contribution in [1.82, 2.24) is 0 Å². The summed E-state index contributed by atoms with van der Waals surface area (Å²) in [5, 5.41) is 0. The second-order valence-corrected chi connectivity index (χ2v) is 3.81. The molecule has 0 bridgehead atoms. The fraction of sp³-hybridized carbons (Fsp3) is 0.143. The van der Waals surface area contributed by atoms with Crippen LogP contribution in [0.25, 0.3) is 0 Å². The van der Waals surface area contributed by atoms with E-state index in [-0.39, 0.29) is 5.78 Å². The van der Waals surface area contributed by atoms with Crippen molar-refractivity contribution in [2.24, 2.45) is 7.05 Å². The first-order valence-corrected chi connectivity index (χ1v) is 5.35. The van der Waals surface area contributed by atoms with Crippen LogP contribution in [0.4, 0.5) is 0 Å². The molecule has 0 aliphatic carbocycles. The molecule has 1 aromatic heterocycles. The number of hydrogen-bond donors (Lipinski definition) is 0. The van der Waals surface area contributed by atoms with Crippen molar-refractivity contribution in [3.63, 3.8) is 0 Å². The van der Waals surface area contributed by atoms with Gasteiger partial charge in [0.1, 0.15) is 12.8 Å². The Balaban J connectivity index is 2.33. The highest BCUT2D eigenvalue weighted by molar-refractivity contribution is 6.09. The van der Waals surface area contributed by atoms with E-state index >= 15 is 0 Å². The summed E-state index contributed by atoms with van der Waals surface area (Å²) in [5.41, 5.74) is 1.31. The molecule has 0 atom stereocenters. The van der Waals surface area contributed by atoms with Gasteiger partial charge in [-0.15, -0.1) is 0 Å². The van der Waals surface area contributed by atoms with Crippen LogP contribution in [0.1, 0.15) is 15.9 Å². The maximum Gasteiger partial charge on any atom is 0.193 e. The molecule has 0 spiro atoms. The molecular weight excluding hydrogens is 214 g/mol. The number of ketones is 1. The van der Waals surface area contributed by atoms with Gasteiger partial charge in [0.2, 0.25) is 0 Å². The van der Waals surface area contributed by atoms with E-state index in [1.165, 1.54) is 0 Å². The summed E-state index contributed by atoms with van der Waals surface area (Å²) in [6.45, 7) is 0. The Kier molecular flexibility index (Phi) is 3.19. The van der Waals surface area contributed by atoms with Crippen LogP contribution in [0.3, 0.4) is 0 Å². The van der Waals surface area contributed by atoms with Crippen LogP contribution in [-0.4, -0.2) is 12.9 Å². The molecule has 2 rings (SSSR count). The van der Waals surface area contributed by atoms with Gasteiger partial charge in [-0.3, -0.25) is 4.79 Å². The number of ether oxygens (including phenoxy) is 1. The molecule has 0 unspecified atom stereocenters. The van der Waals surface area contributed by atoms with Gasteiger partial charge in [0.15, 0.2) is 18.2 Å². The number of hydrogen-bond acceptors (Lipinski definition) is 2. The van der Waals surface area contributed by atoms with Crippen molar-refractivity contribution in [2.75, 3.05) is 7.11 Å². The van der Waals surface area contributed by atoms with E-state index < -0.39 is 0 Å². The number of methoxy groups -OCH3 is 1. The Morgan fingerprint density at radius 1 is 1.12 bits per heavy atom. The Bertz CT molecular complexity index is 532. The zero-order valence-corrected chi connectivity index (χ0v) is 9.88. The molecule has 0 N–H and O–H groups in total. The van der Waals surface area contributed by atoms with Crippen molar-refractivity contribution in [2.45, 2.75) is 0 Å². The predicted molar refractivity (Wildman–Crippen MR) is 64.0 cm³/mol. The zero-order chi connectivity index (χ0) is 12.3. The summed E-state index contributed by atoms with van der Waals surface area (Å²) >= 11 is 0. The van der Waals surface area contributed by atoms with Gasteiger partial charge >= 0.3 is 0 Å². The number of benzene rings is 1. The standard InChI is InChI=1S/C14H14NO2/c1-15-8-6-11(7-9-15)14(16)12-4-3-5-13(10-12)17-2/h3-10H,1-2H3/q+1. The van der Waals surface area contributed by atoms with Crippen LogP contribution in [0.2, 0.25) is 0 Å². The average molecular weight is 228 g/mol. The molecule has 1 heterocycles. The van der Waals surface area contributed by atoms with Gasteiger partial charge in [0.05, 0.1) is 7.11 Å². The lowest BCUT2D eigenvalue weighted by Gasteiger charge is -2.03. The third-order valence-electron chi connectivity index (χ3n) is 2.57. The smallest absolute Gasteiger partial charge is 0.193 e. The second kappa shape index (κ2) is 4.78. The first kappa shape index (κ1) is 11.3. The molecule has 0 saturated carbocycles. The molecule has 3 nitrogen and oxygen atoms in total. The van der Waals surface area contributed by atoms with Crippen LogP contribution in [-0.2, 0) is 7.05 Å². The summed E-state index contributed by atoms with van der Waals surface area (Å²) in [6.07, 6.45) is 3.71. The Morgan fingerprint density at radius 3 is 2.47 bits per heavy atom. The first-order chi connectivity index (χ1) is 8.20. The SMILES string of the molecule is COc1cccc(C(=O)c2cc[n+](C)cc2)c1. The van der Waals surface area contributed by atoms with E-state index in [1.807, 2.05) is 48.3 Å². The monoisotopic (exact) mass is 228 g/mol. The summed E-state index contributed by atoms with van der Waals surface area (Å²) in [6, 6.07) is 10.8. The molecule has 86 valence electrons. The molecule has 17 heavy (non-hydrogen) atoms. The number of carbonyl (C=O) groups excluding carboxylic acids is 1.